The van der Waals surface area contributed by atoms with Crippen molar-refractivity contribution in [2.45, 2.75) is 39.1 Å². The van der Waals surface area contributed by atoms with E-state index in [1.165, 1.54) is 28.6 Å². The van der Waals surface area contributed by atoms with Crippen LogP contribution in [0.3, 0.4) is 0 Å². The lowest BCUT2D eigenvalue weighted by molar-refractivity contribution is -0.128. The van der Waals surface area contributed by atoms with E-state index < -0.39 is 0 Å². The van der Waals surface area contributed by atoms with E-state index in [1.807, 2.05) is 32.9 Å². The molecule has 31 heavy (non-hydrogen) atoms. The lowest BCUT2D eigenvalue weighted by Gasteiger charge is -2.20. The number of carbonyl (C=O) groups is 1. The van der Waals surface area contributed by atoms with Crippen molar-refractivity contribution >= 4 is 17.7 Å². The van der Waals surface area contributed by atoms with Crippen molar-refractivity contribution in [3.05, 3.63) is 70.8 Å². The number of ether oxygens (including phenoxy) is 1. The summed E-state index contributed by atoms with van der Waals surface area (Å²) in [7, 11) is 0. The smallest absolute Gasteiger partial charge is 0.233 e. The molecule has 0 radical (unpaired) electrons. The second-order valence-corrected chi connectivity index (χ2v) is 8.15. The summed E-state index contributed by atoms with van der Waals surface area (Å²) in [4.78, 5) is 14.3. The van der Waals surface area contributed by atoms with E-state index in [-0.39, 0.29) is 24.1 Å². The summed E-state index contributed by atoms with van der Waals surface area (Å²) >= 11 is 1.20. The zero-order valence-corrected chi connectivity index (χ0v) is 18.7. The molecule has 0 atom stereocenters. The summed E-state index contributed by atoms with van der Waals surface area (Å²) in [6.07, 6.45) is 0. The SMILES string of the molecule is CCN(Cc1cccc(F)c1)C(=O)CSc1nnc(COc2cc(C)cc(C)c2)n1N. The number of halogens is 1. The molecule has 9 heteroatoms. The molecular formula is C22H26FN5O2S. The van der Waals surface area contributed by atoms with Gasteiger partial charge in [-0.25, -0.2) is 9.07 Å². The average Bonchev–Trinajstić information content (AvgIpc) is 3.07. The van der Waals surface area contributed by atoms with Crippen LogP contribution in [-0.2, 0) is 17.9 Å². The van der Waals surface area contributed by atoms with Gasteiger partial charge in [0.2, 0.25) is 11.1 Å². The Balaban J connectivity index is 1.56. The van der Waals surface area contributed by atoms with E-state index in [0.29, 0.717) is 24.1 Å². The number of hydrogen-bond acceptors (Lipinski definition) is 6. The maximum atomic E-state index is 13.4. The number of hydrogen-bond donors (Lipinski definition) is 1. The van der Waals surface area contributed by atoms with Gasteiger partial charge >= 0.3 is 0 Å². The third-order valence-electron chi connectivity index (χ3n) is 4.62. The van der Waals surface area contributed by atoms with Gasteiger partial charge in [0.05, 0.1) is 5.75 Å². The van der Waals surface area contributed by atoms with Gasteiger partial charge in [-0.15, -0.1) is 10.2 Å². The van der Waals surface area contributed by atoms with Gasteiger partial charge in [-0.2, -0.15) is 0 Å². The predicted octanol–water partition coefficient (Wildman–Crippen LogP) is 3.47. The minimum absolute atomic E-state index is 0.0900. The molecule has 0 saturated carbocycles. The Kier molecular flexibility index (Phi) is 7.51. The fraction of sp³-hybridized carbons (Fsp3) is 0.318. The molecule has 1 amide bonds. The largest absolute Gasteiger partial charge is 0.486 e. The molecule has 1 aromatic heterocycles. The van der Waals surface area contributed by atoms with Crippen LogP contribution in [0.2, 0.25) is 0 Å². The number of nitrogens with two attached hydrogens (primary N) is 1. The van der Waals surface area contributed by atoms with Crippen LogP contribution in [0.15, 0.2) is 47.6 Å². The van der Waals surface area contributed by atoms with E-state index in [4.69, 9.17) is 10.6 Å². The first-order valence-corrected chi connectivity index (χ1v) is 10.9. The van der Waals surface area contributed by atoms with Gasteiger partial charge < -0.3 is 15.5 Å². The highest BCUT2D eigenvalue weighted by Gasteiger charge is 2.17. The lowest BCUT2D eigenvalue weighted by Crippen LogP contribution is -2.32. The molecule has 164 valence electrons. The van der Waals surface area contributed by atoms with Crippen molar-refractivity contribution in [2.24, 2.45) is 0 Å². The Hall–Kier alpha value is -3.07. The van der Waals surface area contributed by atoms with Crippen molar-refractivity contribution in [3.8, 4) is 5.75 Å². The highest BCUT2D eigenvalue weighted by Crippen LogP contribution is 2.19. The standard InChI is InChI=1S/C22H26FN5O2S/c1-4-27(12-17-6-5-7-18(23)11-17)21(29)14-31-22-26-25-20(28(22)24)13-30-19-9-15(2)8-16(3)10-19/h5-11H,4,12-14,24H2,1-3H3. The maximum absolute atomic E-state index is 13.4. The molecule has 0 aliphatic rings. The molecule has 3 aromatic rings. The van der Waals surface area contributed by atoms with E-state index in [1.54, 1.807) is 17.0 Å². The van der Waals surface area contributed by atoms with Crippen molar-refractivity contribution in [3.63, 3.8) is 0 Å². The molecule has 0 aliphatic heterocycles. The molecule has 0 unspecified atom stereocenters. The van der Waals surface area contributed by atoms with E-state index in [9.17, 15) is 9.18 Å². The lowest BCUT2D eigenvalue weighted by atomic mass is 10.1. The first-order valence-electron chi connectivity index (χ1n) is 9.91. The number of benzene rings is 2. The average molecular weight is 444 g/mol. The number of carbonyl (C=O) groups excluding carboxylic acids is 1. The third-order valence-corrected chi connectivity index (χ3v) is 5.55. The number of aromatic nitrogens is 3. The van der Waals surface area contributed by atoms with Gasteiger partial charge in [-0.3, -0.25) is 4.79 Å². The number of nitrogen functional groups attached to an aromatic ring is 1. The topological polar surface area (TPSA) is 86.3 Å². The molecule has 0 fully saturated rings. The summed E-state index contributed by atoms with van der Waals surface area (Å²) in [6, 6.07) is 12.2. The number of amides is 1. The van der Waals surface area contributed by atoms with Crippen LogP contribution in [0.5, 0.6) is 5.75 Å². The van der Waals surface area contributed by atoms with Crippen molar-refractivity contribution in [2.75, 3.05) is 18.1 Å². The van der Waals surface area contributed by atoms with Crippen LogP contribution in [0.4, 0.5) is 4.39 Å². The zero-order chi connectivity index (χ0) is 22.4. The second kappa shape index (κ2) is 10.3. The molecule has 0 bridgehead atoms. The van der Waals surface area contributed by atoms with Gasteiger partial charge in [0.1, 0.15) is 18.2 Å². The fourth-order valence-corrected chi connectivity index (χ4v) is 3.90. The highest BCUT2D eigenvalue weighted by molar-refractivity contribution is 7.99. The number of nitrogens with zero attached hydrogens (tertiary/aromatic N) is 4. The molecule has 7 nitrogen and oxygen atoms in total. The van der Waals surface area contributed by atoms with E-state index in [0.717, 1.165) is 22.4 Å². The van der Waals surface area contributed by atoms with Gasteiger partial charge in [0.25, 0.3) is 0 Å². The van der Waals surface area contributed by atoms with Gasteiger partial charge in [0, 0.05) is 13.1 Å². The van der Waals surface area contributed by atoms with Crippen LogP contribution in [0.1, 0.15) is 29.4 Å². The molecule has 1 heterocycles. The van der Waals surface area contributed by atoms with E-state index in [2.05, 4.69) is 16.3 Å². The van der Waals surface area contributed by atoms with Gasteiger partial charge in [-0.1, -0.05) is 30.0 Å². The Morgan fingerprint density at radius 2 is 1.94 bits per heavy atom. The summed E-state index contributed by atoms with van der Waals surface area (Å²) in [6.45, 7) is 6.92. The summed E-state index contributed by atoms with van der Waals surface area (Å²) in [5.74, 6) is 7.02. The molecular weight excluding hydrogens is 417 g/mol. The molecule has 3 rings (SSSR count). The molecule has 0 spiro atoms. The third kappa shape index (κ3) is 6.21. The Morgan fingerprint density at radius 3 is 2.61 bits per heavy atom. The number of rotatable bonds is 9. The van der Waals surface area contributed by atoms with Crippen LogP contribution in [0.25, 0.3) is 0 Å². The molecule has 2 N–H and O–H groups in total. The number of aryl methyl sites for hydroxylation is 2. The van der Waals surface area contributed by atoms with Crippen molar-refractivity contribution < 1.29 is 13.9 Å². The zero-order valence-electron chi connectivity index (χ0n) is 17.8. The molecule has 0 saturated heterocycles. The summed E-state index contributed by atoms with van der Waals surface area (Å²) in [5.41, 5.74) is 2.96. The Bertz CT molecular complexity index is 1040. The monoisotopic (exact) mass is 443 g/mol. The predicted molar refractivity (Wildman–Crippen MR) is 119 cm³/mol. The fourth-order valence-electron chi connectivity index (χ4n) is 3.12. The molecule has 2 aromatic carbocycles. The second-order valence-electron chi connectivity index (χ2n) is 7.21. The number of thioether (sulfide) groups is 1. The Labute approximate surface area is 185 Å². The minimum atomic E-state index is -0.317. The Morgan fingerprint density at radius 1 is 1.19 bits per heavy atom. The summed E-state index contributed by atoms with van der Waals surface area (Å²) in [5, 5.41) is 8.56. The van der Waals surface area contributed by atoms with Crippen molar-refractivity contribution in [1.82, 2.24) is 19.8 Å². The normalized spacial score (nSPS) is 10.8. The van der Waals surface area contributed by atoms with Crippen LogP contribution in [0, 0.1) is 19.7 Å². The van der Waals surface area contributed by atoms with Crippen LogP contribution in [-0.4, -0.2) is 38.0 Å². The molecule has 0 aliphatic carbocycles. The minimum Gasteiger partial charge on any atom is -0.486 e. The highest BCUT2D eigenvalue weighted by atomic mass is 32.2. The van der Waals surface area contributed by atoms with Gasteiger partial charge in [-0.05, 0) is 61.7 Å². The summed E-state index contributed by atoms with van der Waals surface area (Å²) < 4.78 is 20.5. The van der Waals surface area contributed by atoms with Crippen LogP contribution >= 0.6 is 11.8 Å². The quantitative estimate of drug-likeness (QED) is 0.403. The first kappa shape index (κ1) is 22.6. The van der Waals surface area contributed by atoms with E-state index >= 15 is 0 Å². The van der Waals surface area contributed by atoms with Crippen LogP contribution < -0.4 is 10.6 Å². The first-order chi connectivity index (χ1) is 14.9. The van der Waals surface area contributed by atoms with Gasteiger partial charge in [0.15, 0.2) is 5.82 Å². The maximum Gasteiger partial charge on any atom is 0.233 e. The van der Waals surface area contributed by atoms with Crippen molar-refractivity contribution in [1.29, 1.82) is 0 Å².